The number of nitrogen functional groups attached to an aromatic ring is 1. The lowest BCUT2D eigenvalue weighted by molar-refractivity contribution is 0.415. The molecule has 0 aliphatic carbocycles. The van der Waals surface area contributed by atoms with Gasteiger partial charge in [-0.15, -0.1) is 0 Å². The Balaban J connectivity index is 2.43. The average molecular weight is 225 g/mol. The summed E-state index contributed by atoms with van der Waals surface area (Å²) in [6.45, 7) is 0. The maximum absolute atomic E-state index is 5.94. The number of rotatable bonds is 1. The molecule has 17 heavy (non-hydrogen) atoms. The fourth-order valence-electron chi connectivity index (χ4n) is 1.84. The summed E-state index contributed by atoms with van der Waals surface area (Å²) in [5.41, 5.74) is 9.68. The highest BCUT2D eigenvalue weighted by atomic mass is 16.5. The minimum absolute atomic E-state index is 0.581. The standard InChI is InChI=1S/C13H11N3O/c1-17-8-6-9(14)13-12(7-8)15-10-4-2-3-5-11(10)16-13/h2-7H,14H2,1H3. The fourth-order valence-corrected chi connectivity index (χ4v) is 1.84. The molecule has 0 saturated heterocycles. The quantitative estimate of drug-likeness (QED) is 0.510. The van der Waals surface area contributed by atoms with Gasteiger partial charge in [0.25, 0.3) is 0 Å². The summed E-state index contributed by atoms with van der Waals surface area (Å²) < 4.78 is 5.17. The number of fused-ring (bicyclic) bond motifs is 2. The van der Waals surface area contributed by atoms with Crippen molar-refractivity contribution in [1.29, 1.82) is 0 Å². The molecule has 0 atom stereocenters. The van der Waals surface area contributed by atoms with Crippen LogP contribution in [0.1, 0.15) is 0 Å². The summed E-state index contributed by atoms with van der Waals surface area (Å²) in [6.07, 6.45) is 0. The smallest absolute Gasteiger partial charge is 0.123 e. The van der Waals surface area contributed by atoms with Crippen molar-refractivity contribution in [2.75, 3.05) is 12.8 Å². The van der Waals surface area contributed by atoms with Gasteiger partial charge in [0.1, 0.15) is 11.3 Å². The van der Waals surface area contributed by atoms with E-state index >= 15 is 0 Å². The van der Waals surface area contributed by atoms with Crippen LogP contribution in [-0.2, 0) is 0 Å². The largest absolute Gasteiger partial charge is 0.497 e. The molecule has 0 aliphatic heterocycles. The SMILES string of the molecule is COc1cc(N)c2nc3ccccc3nc2c1. The summed E-state index contributed by atoms with van der Waals surface area (Å²) in [6, 6.07) is 11.3. The molecular formula is C13H11N3O. The Bertz CT molecular complexity index is 709. The van der Waals surface area contributed by atoms with E-state index in [1.165, 1.54) is 0 Å². The van der Waals surface area contributed by atoms with E-state index in [-0.39, 0.29) is 0 Å². The Morgan fingerprint density at radius 3 is 2.41 bits per heavy atom. The van der Waals surface area contributed by atoms with Crippen molar-refractivity contribution in [3.8, 4) is 5.75 Å². The average Bonchev–Trinajstić information content (AvgIpc) is 2.36. The third-order valence-corrected chi connectivity index (χ3v) is 2.68. The minimum atomic E-state index is 0.581. The van der Waals surface area contributed by atoms with Crippen LogP contribution in [0.5, 0.6) is 5.75 Å². The maximum atomic E-state index is 5.94. The molecule has 4 heteroatoms. The molecule has 4 nitrogen and oxygen atoms in total. The second-order valence-electron chi connectivity index (χ2n) is 3.80. The number of hydrogen-bond acceptors (Lipinski definition) is 4. The number of ether oxygens (including phenoxy) is 1. The second-order valence-corrected chi connectivity index (χ2v) is 3.80. The normalized spacial score (nSPS) is 10.9. The molecule has 84 valence electrons. The monoisotopic (exact) mass is 225 g/mol. The van der Waals surface area contributed by atoms with Crippen LogP contribution in [0.4, 0.5) is 5.69 Å². The summed E-state index contributed by atoms with van der Waals surface area (Å²) in [5, 5.41) is 0. The van der Waals surface area contributed by atoms with E-state index in [1.807, 2.05) is 30.3 Å². The van der Waals surface area contributed by atoms with Gasteiger partial charge in [0, 0.05) is 12.1 Å². The molecule has 0 aliphatic rings. The molecule has 0 bridgehead atoms. The fraction of sp³-hybridized carbons (Fsp3) is 0.0769. The predicted octanol–water partition coefficient (Wildman–Crippen LogP) is 2.37. The van der Waals surface area contributed by atoms with Crippen molar-refractivity contribution in [2.24, 2.45) is 0 Å². The van der Waals surface area contributed by atoms with E-state index in [0.29, 0.717) is 17.0 Å². The number of nitrogens with zero attached hydrogens (tertiary/aromatic N) is 2. The maximum Gasteiger partial charge on any atom is 0.123 e. The van der Waals surface area contributed by atoms with E-state index in [2.05, 4.69) is 9.97 Å². The van der Waals surface area contributed by atoms with Gasteiger partial charge in [-0.2, -0.15) is 0 Å². The lowest BCUT2D eigenvalue weighted by atomic mass is 10.2. The molecular weight excluding hydrogens is 214 g/mol. The Hall–Kier alpha value is -2.36. The highest BCUT2D eigenvalue weighted by molar-refractivity contribution is 5.93. The van der Waals surface area contributed by atoms with Crippen molar-refractivity contribution >= 4 is 27.8 Å². The zero-order chi connectivity index (χ0) is 11.8. The van der Waals surface area contributed by atoms with Gasteiger partial charge in [-0.1, -0.05) is 12.1 Å². The molecule has 1 heterocycles. The van der Waals surface area contributed by atoms with E-state index in [1.54, 1.807) is 13.2 Å². The molecule has 3 rings (SSSR count). The van der Waals surface area contributed by atoms with Gasteiger partial charge < -0.3 is 10.5 Å². The van der Waals surface area contributed by atoms with E-state index in [0.717, 1.165) is 16.6 Å². The van der Waals surface area contributed by atoms with Gasteiger partial charge >= 0.3 is 0 Å². The summed E-state index contributed by atoms with van der Waals surface area (Å²) in [5.74, 6) is 0.694. The van der Waals surface area contributed by atoms with Crippen molar-refractivity contribution in [3.63, 3.8) is 0 Å². The third kappa shape index (κ3) is 1.54. The van der Waals surface area contributed by atoms with Gasteiger partial charge in [0.05, 0.1) is 29.3 Å². The van der Waals surface area contributed by atoms with Gasteiger partial charge in [0.2, 0.25) is 0 Å². The second kappa shape index (κ2) is 3.59. The summed E-state index contributed by atoms with van der Waals surface area (Å²) >= 11 is 0. The Kier molecular flexibility index (Phi) is 2.08. The predicted molar refractivity (Wildman–Crippen MR) is 68.0 cm³/mol. The number of hydrogen-bond donors (Lipinski definition) is 1. The Morgan fingerprint density at radius 2 is 1.71 bits per heavy atom. The van der Waals surface area contributed by atoms with E-state index in [9.17, 15) is 0 Å². The highest BCUT2D eigenvalue weighted by Gasteiger charge is 2.06. The third-order valence-electron chi connectivity index (χ3n) is 2.68. The number of benzene rings is 2. The van der Waals surface area contributed by atoms with Gasteiger partial charge in [-0.3, -0.25) is 0 Å². The van der Waals surface area contributed by atoms with E-state index in [4.69, 9.17) is 10.5 Å². The molecule has 2 N–H and O–H groups in total. The molecule has 0 radical (unpaired) electrons. The van der Waals surface area contributed by atoms with Crippen LogP contribution in [-0.4, -0.2) is 17.1 Å². The first-order valence-electron chi connectivity index (χ1n) is 5.28. The van der Waals surface area contributed by atoms with Crippen LogP contribution in [0, 0.1) is 0 Å². The van der Waals surface area contributed by atoms with Crippen LogP contribution in [0.15, 0.2) is 36.4 Å². The zero-order valence-corrected chi connectivity index (χ0v) is 9.34. The lowest BCUT2D eigenvalue weighted by Gasteiger charge is -2.06. The molecule has 0 fully saturated rings. The van der Waals surface area contributed by atoms with Crippen molar-refractivity contribution in [1.82, 2.24) is 9.97 Å². The number of aromatic nitrogens is 2. The van der Waals surface area contributed by atoms with Crippen LogP contribution in [0.3, 0.4) is 0 Å². The first kappa shape index (κ1) is 9.84. The van der Waals surface area contributed by atoms with Gasteiger partial charge in [0.15, 0.2) is 0 Å². The highest BCUT2D eigenvalue weighted by Crippen LogP contribution is 2.26. The minimum Gasteiger partial charge on any atom is -0.497 e. The van der Waals surface area contributed by atoms with Crippen LogP contribution in [0.25, 0.3) is 22.1 Å². The van der Waals surface area contributed by atoms with E-state index < -0.39 is 0 Å². The Labute approximate surface area is 98.1 Å². The van der Waals surface area contributed by atoms with Crippen LogP contribution in [0.2, 0.25) is 0 Å². The molecule has 3 aromatic rings. The molecule has 0 spiro atoms. The first-order chi connectivity index (χ1) is 8.28. The van der Waals surface area contributed by atoms with Crippen molar-refractivity contribution < 1.29 is 4.74 Å². The molecule has 0 saturated carbocycles. The molecule has 2 aromatic carbocycles. The number of nitrogens with two attached hydrogens (primary N) is 1. The van der Waals surface area contributed by atoms with Gasteiger partial charge in [-0.05, 0) is 12.1 Å². The molecule has 0 amide bonds. The number of para-hydroxylation sites is 2. The zero-order valence-electron chi connectivity index (χ0n) is 9.34. The van der Waals surface area contributed by atoms with Crippen LogP contribution < -0.4 is 10.5 Å². The summed E-state index contributed by atoms with van der Waals surface area (Å²) in [4.78, 5) is 9.03. The molecule has 0 unspecified atom stereocenters. The van der Waals surface area contributed by atoms with Crippen molar-refractivity contribution in [2.45, 2.75) is 0 Å². The molecule has 1 aromatic heterocycles. The summed E-state index contributed by atoms with van der Waals surface area (Å²) in [7, 11) is 1.61. The lowest BCUT2D eigenvalue weighted by Crippen LogP contribution is -1.95. The number of anilines is 1. The Morgan fingerprint density at radius 1 is 1.00 bits per heavy atom. The number of methoxy groups -OCH3 is 1. The van der Waals surface area contributed by atoms with Gasteiger partial charge in [-0.25, -0.2) is 9.97 Å². The van der Waals surface area contributed by atoms with Crippen molar-refractivity contribution in [3.05, 3.63) is 36.4 Å². The van der Waals surface area contributed by atoms with Crippen LogP contribution >= 0.6 is 0 Å². The first-order valence-corrected chi connectivity index (χ1v) is 5.28. The topological polar surface area (TPSA) is 61.0 Å².